The Hall–Kier alpha value is -2.39. The predicted octanol–water partition coefficient (Wildman–Crippen LogP) is 2.37. The van der Waals surface area contributed by atoms with E-state index in [-0.39, 0.29) is 16.8 Å². The normalized spacial score (nSPS) is 13.0. The lowest BCUT2D eigenvalue weighted by Crippen LogP contribution is -2.29. The van der Waals surface area contributed by atoms with Crippen molar-refractivity contribution in [2.75, 3.05) is 23.9 Å². The number of hydrogen-bond donors (Lipinski definition) is 1. The Bertz CT molecular complexity index is 1060. The summed E-state index contributed by atoms with van der Waals surface area (Å²) in [5.74, 6) is -0.345. The minimum absolute atomic E-state index is 0.217. The number of carbonyl (C=O) groups excluding carboxylic acids is 1. The number of nitrogens with one attached hydrogen (secondary N) is 1. The molecule has 0 radical (unpaired) electrons. The molecule has 0 aliphatic carbocycles. The fourth-order valence-electron chi connectivity index (χ4n) is 2.64. The Morgan fingerprint density at radius 2 is 1.64 bits per heavy atom. The number of rotatable bonds is 7. The zero-order valence-electron chi connectivity index (χ0n) is 16.2. The van der Waals surface area contributed by atoms with Gasteiger partial charge in [-0.25, -0.2) is 16.8 Å². The van der Waals surface area contributed by atoms with E-state index in [1.165, 1.54) is 25.2 Å². The number of anilines is 1. The summed E-state index contributed by atoms with van der Waals surface area (Å²) in [4.78, 5) is 12.9. The molecule has 0 saturated carbocycles. The fraction of sp³-hybridized carbons (Fsp3) is 0.316. The first-order chi connectivity index (χ1) is 12.9. The summed E-state index contributed by atoms with van der Waals surface area (Å²) < 4.78 is 47.7. The van der Waals surface area contributed by atoms with E-state index in [0.29, 0.717) is 17.7 Å². The van der Waals surface area contributed by atoms with Gasteiger partial charge in [0.25, 0.3) is 5.91 Å². The van der Waals surface area contributed by atoms with E-state index in [9.17, 15) is 21.6 Å². The van der Waals surface area contributed by atoms with Gasteiger partial charge in [-0.05, 0) is 42.3 Å². The highest BCUT2D eigenvalue weighted by molar-refractivity contribution is 7.92. The summed E-state index contributed by atoms with van der Waals surface area (Å²) in [6.45, 7) is 1.91. The molecular formula is C19H24N2O5S2. The van der Waals surface area contributed by atoms with Crippen LogP contribution in [0, 0.1) is 0 Å². The Morgan fingerprint density at radius 3 is 2.14 bits per heavy atom. The van der Waals surface area contributed by atoms with Crippen molar-refractivity contribution in [2.45, 2.75) is 24.3 Å². The first-order valence-electron chi connectivity index (χ1n) is 8.58. The van der Waals surface area contributed by atoms with Crippen molar-refractivity contribution < 1.29 is 21.6 Å². The number of carbonyl (C=O) groups is 1. The lowest BCUT2D eigenvalue weighted by molar-refractivity contribution is 0.0935. The van der Waals surface area contributed by atoms with Crippen LogP contribution in [-0.2, 0) is 19.9 Å². The molecule has 0 saturated heterocycles. The van der Waals surface area contributed by atoms with Crippen LogP contribution in [0.2, 0.25) is 0 Å². The molecule has 9 heteroatoms. The van der Waals surface area contributed by atoms with Crippen molar-refractivity contribution in [3.63, 3.8) is 0 Å². The average molecular weight is 425 g/mol. The van der Waals surface area contributed by atoms with Crippen molar-refractivity contribution >= 4 is 31.5 Å². The van der Waals surface area contributed by atoms with E-state index < -0.39 is 19.9 Å². The van der Waals surface area contributed by atoms with Crippen LogP contribution in [0.4, 0.5) is 5.69 Å². The van der Waals surface area contributed by atoms with Crippen molar-refractivity contribution in [1.82, 2.24) is 5.32 Å². The third kappa shape index (κ3) is 5.32. The van der Waals surface area contributed by atoms with E-state index in [1.54, 1.807) is 30.3 Å². The quantitative estimate of drug-likeness (QED) is 0.735. The maximum Gasteiger partial charge on any atom is 0.251 e. The van der Waals surface area contributed by atoms with Gasteiger partial charge in [0.1, 0.15) is 0 Å². The standard InChI is InChI=1S/C19H24N2O5S2/c1-5-18(14-9-11-17(12-10-14)27(3,23)24)20-19(22)15-7-6-8-16(13-15)21(2)28(4,25)26/h6-13,18H,5H2,1-4H3,(H,20,22). The van der Waals surface area contributed by atoms with Gasteiger partial charge < -0.3 is 5.32 Å². The molecular weight excluding hydrogens is 400 g/mol. The van der Waals surface area contributed by atoms with Crippen LogP contribution in [0.15, 0.2) is 53.4 Å². The van der Waals surface area contributed by atoms with E-state index in [0.717, 1.165) is 22.4 Å². The van der Waals surface area contributed by atoms with Crippen molar-refractivity contribution in [3.8, 4) is 0 Å². The SMILES string of the molecule is CCC(NC(=O)c1cccc(N(C)S(C)(=O)=O)c1)c1ccc(S(C)(=O)=O)cc1. The summed E-state index contributed by atoms with van der Waals surface area (Å²) in [5.41, 5.74) is 1.51. The van der Waals surface area contributed by atoms with Gasteiger partial charge in [-0.2, -0.15) is 0 Å². The molecule has 0 heterocycles. The first-order valence-corrected chi connectivity index (χ1v) is 12.3. The van der Waals surface area contributed by atoms with Crippen molar-refractivity contribution in [3.05, 3.63) is 59.7 Å². The van der Waals surface area contributed by atoms with E-state index >= 15 is 0 Å². The molecule has 0 bridgehead atoms. The molecule has 1 atom stereocenters. The lowest BCUT2D eigenvalue weighted by atomic mass is 10.0. The van der Waals surface area contributed by atoms with Crippen LogP contribution < -0.4 is 9.62 Å². The molecule has 1 N–H and O–H groups in total. The van der Waals surface area contributed by atoms with Crippen LogP contribution in [0.1, 0.15) is 35.3 Å². The monoisotopic (exact) mass is 424 g/mol. The highest BCUT2D eigenvalue weighted by atomic mass is 32.2. The maximum atomic E-state index is 12.7. The van der Waals surface area contributed by atoms with Crippen LogP contribution in [0.3, 0.4) is 0 Å². The average Bonchev–Trinajstić information content (AvgIpc) is 2.64. The molecule has 0 fully saturated rings. The highest BCUT2D eigenvalue weighted by Crippen LogP contribution is 2.21. The molecule has 0 aromatic heterocycles. The zero-order valence-corrected chi connectivity index (χ0v) is 17.8. The van der Waals surface area contributed by atoms with E-state index in [1.807, 2.05) is 6.92 Å². The van der Waals surface area contributed by atoms with Gasteiger partial charge in [-0.15, -0.1) is 0 Å². The van der Waals surface area contributed by atoms with Gasteiger partial charge in [0.15, 0.2) is 9.84 Å². The largest absolute Gasteiger partial charge is 0.345 e. The number of sulfone groups is 1. The molecule has 0 aliphatic heterocycles. The molecule has 28 heavy (non-hydrogen) atoms. The zero-order chi connectivity index (χ0) is 21.1. The summed E-state index contributed by atoms with van der Waals surface area (Å²) >= 11 is 0. The van der Waals surface area contributed by atoms with Gasteiger partial charge in [-0.3, -0.25) is 9.10 Å². The Balaban J connectivity index is 2.23. The molecule has 0 spiro atoms. The molecule has 152 valence electrons. The van der Waals surface area contributed by atoms with E-state index in [2.05, 4.69) is 5.32 Å². The first kappa shape index (κ1) is 21.9. The fourth-order valence-corrected chi connectivity index (χ4v) is 3.77. The summed E-state index contributed by atoms with van der Waals surface area (Å²) in [6.07, 6.45) is 2.83. The summed E-state index contributed by atoms with van der Waals surface area (Å²) in [5, 5.41) is 2.91. The Morgan fingerprint density at radius 1 is 1.04 bits per heavy atom. The van der Waals surface area contributed by atoms with Crippen molar-refractivity contribution in [1.29, 1.82) is 0 Å². The topological polar surface area (TPSA) is 101 Å². The minimum atomic E-state index is -3.43. The van der Waals surface area contributed by atoms with Gasteiger partial charge in [-0.1, -0.05) is 25.1 Å². The molecule has 7 nitrogen and oxygen atoms in total. The Labute approximate surface area is 166 Å². The second-order valence-electron chi connectivity index (χ2n) is 6.56. The number of nitrogens with zero attached hydrogens (tertiary/aromatic N) is 1. The molecule has 0 aliphatic rings. The summed E-state index contributed by atoms with van der Waals surface area (Å²) in [6, 6.07) is 12.4. The third-order valence-corrected chi connectivity index (χ3v) is 6.73. The molecule has 2 aromatic carbocycles. The third-order valence-electron chi connectivity index (χ3n) is 4.39. The maximum absolute atomic E-state index is 12.7. The number of hydrogen-bond acceptors (Lipinski definition) is 5. The number of sulfonamides is 1. The molecule has 1 unspecified atom stereocenters. The highest BCUT2D eigenvalue weighted by Gasteiger charge is 2.17. The van der Waals surface area contributed by atoms with Gasteiger partial charge in [0.05, 0.1) is 22.9 Å². The molecule has 2 aromatic rings. The summed E-state index contributed by atoms with van der Waals surface area (Å²) in [7, 11) is -5.30. The number of amides is 1. The van der Waals surface area contributed by atoms with Crippen LogP contribution in [0.5, 0.6) is 0 Å². The van der Waals surface area contributed by atoms with Gasteiger partial charge in [0.2, 0.25) is 10.0 Å². The minimum Gasteiger partial charge on any atom is -0.345 e. The lowest BCUT2D eigenvalue weighted by Gasteiger charge is -2.20. The predicted molar refractivity (Wildman–Crippen MR) is 110 cm³/mol. The smallest absolute Gasteiger partial charge is 0.251 e. The van der Waals surface area contributed by atoms with Crippen LogP contribution in [-0.4, -0.2) is 42.3 Å². The molecule has 1 amide bonds. The molecule has 2 rings (SSSR count). The van der Waals surface area contributed by atoms with E-state index in [4.69, 9.17) is 0 Å². The van der Waals surface area contributed by atoms with Crippen LogP contribution >= 0.6 is 0 Å². The Kier molecular flexibility index (Phi) is 6.51. The number of benzene rings is 2. The second kappa shape index (κ2) is 8.32. The van der Waals surface area contributed by atoms with Gasteiger partial charge >= 0.3 is 0 Å². The van der Waals surface area contributed by atoms with Crippen LogP contribution in [0.25, 0.3) is 0 Å². The second-order valence-corrected chi connectivity index (χ2v) is 10.6. The van der Waals surface area contributed by atoms with Gasteiger partial charge in [0, 0.05) is 18.9 Å². The van der Waals surface area contributed by atoms with Crippen molar-refractivity contribution in [2.24, 2.45) is 0 Å².